The number of hydrogen-bond donors (Lipinski definition) is 6. The van der Waals surface area contributed by atoms with Crippen LogP contribution in [0.15, 0.2) is 0 Å². The molecule has 0 heterocycles. The first-order valence-electron chi connectivity index (χ1n) is 3.47. The maximum Gasteiger partial charge on any atom is 0.335 e. The quantitative estimate of drug-likeness (QED) is 0.282. The largest absolute Gasteiger partial charge is 0.479 e. The molecule has 0 aromatic heterocycles. The third kappa shape index (κ3) is 6.85. The number of carbonyl (C=O) groups is 1. The Morgan fingerprint density at radius 1 is 1.07 bits per heavy atom. The van der Waals surface area contributed by atoms with E-state index in [0.29, 0.717) is 0 Å². The van der Waals surface area contributed by atoms with Gasteiger partial charge >= 0.3 is 5.97 Å². The number of rotatable bonds is 5. The van der Waals surface area contributed by atoms with Crippen LogP contribution in [0.2, 0.25) is 0 Å². The summed E-state index contributed by atoms with van der Waals surface area (Å²) in [7, 11) is 0. The fourth-order valence-electron chi connectivity index (χ4n) is 0.668. The van der Waals surface area contributed by atoms with Gasteiger partial charge in [-0.1, -0.05) is 0 Å². The van der Waals surface area contributed by atoms with Crippen LogP contribution in [0.4, 0.5) is 0 Å². The number of hydrogen-bond acceptors (Lipinski definition) is 6. The number of carboxylic acid groups (broad SMARTS) is 1. The average Bonchev–Trinajstić information content (AvgIpc) is 2.12. The molecule has 0 rings (SSSR count). The van der Waals surface area contributed by atoms with E-state index < -0.39 is 37.0 Å². The van der Waals surface area contributed by atoms with E-state index in [0.717, 1.165) is 0 Å². The summed E-state index contributed by atoms with van der Waals surface area (Å²) in [5.74, 6) is -1.73. The fraction of sp³-hybridized carbons (Fsp3) is 0.833. The van der Waals surface area contributed by atoms with Gasteiger partial charge in [0.2, 0.25) is 0 Å². The summed E-state index contributed by atoms with van der Waals surface area (Å²) in [5.41, 5.74) is 0. The monoisotopic (exact) mass is 275 g/mol. The Morgan fingerprint density at radius 3 is 1.73 bits per heavy atom. The van der Waals surface area contributed by atoms with Gasteiger partial charge in [0.1, 0.15) is 18.3 Å². The first kappa shape index (κ1) is 21.1. The molecule has 15 heavy (non-hydrogen) atoms. The Kier molecular flexibility index (Phi) is 14.0. The van der Waals surface area contributed by atoms with Gasteiger partial charge in [0, 0.05) is 46.6 Å². The number of aliphatic carboxylic acids is 1. The number of aliphatic hydroxyl groups excluding tert-OH is 5. The van der Waals surface area contributed by atoms with Crippen molar-refractivity contribution in [1.82, 2.24) is 0 Å². The normalized spacial score (nSPS) is 17.7. The molecule has 0 saturated carbocycles. The summed E-state index contributed by atoms with van der Waals surface area (Å²) >= 11 is 0. The van der Waals surface area contributed by atoms with Crippen LogP contribution < -0.4 is 0 Å². The van der Waals surface area contributed by atoms with Crippen LogP contribution in [0.5, 0.6) is 0 Å². The minimum Gasteiger partial charge on any atom is -0.479 e. The van der Waals surface area contributed by atoms with E-state index in [9.17, 15) is 4.79 Å². The van der Waals surface area contributed by atoms with Crippen LogP contribution in [0.1, 0.15) is 0 Å². The molecule has 0 aliphatic heterocycles. The van der Waals surface area contributed by atoms with Gasteiger partial charge in [0.25, 0.3) is 0 Å². The topological polar surface area (TPSA) is 138 Å². The molecule has 7 nitrogen and oxygen atoms in total. The zero-order chi connectivity index (χ0) is 10.6. The van der Waals surface area contributed by atoms with Crippen molar-refractivity contribution in [2.24, 2.45) is 0 Å². The average molecular weight is 275 g/mol. The SMILES string of the molecule is O=C(O)[C@H](O)[C@@H](O)[C@H](O)[C@H](O)CO.[Fe].[Na]. The predicted octanol–water partition coefficient (Wildman–Crippen LogP) is -3.88. The third-order valence-electron chi connectivity index (χ3n) is 1.51. The van der Waals surface area contributed by atoms with E-state index in [1.165, 1.54) is 0 Å². The van der Waals surface area contributed by atoms with E-state index in [-0.39, 0.29) is 46.6 Å². The van der Waals surface area contributed by atoms with E-state index in [4.69, 9.17) is 30.6 Å². The molecule has 6 N–H and O–H groups in total. The zero-order valence-electron chi connectivity index (χ0n) is 7.96. The van der Waals surface area contributed by atoms with Crippen molar-refractivity contribution in [3.05, 3.63) is 0 Å². The molecule has 9 heteroatoms. The second kappa shape index (κ2) is 9.98. The smallest absolute Gasteiger partial charge is 0.335 e. The third-order valence-corrected chi connectivity index (χ3v) is 1.51. The minimum absolute atomic E-state index is 0. The van der Waals surface area contributed by atoms with Gasteiger partial charge in [-0.2, -0.15) is 0 Å². The van der Waals surface area contributed by atoms with Crippen LogP contribution in [-0.2, 0) is 21.9 Å². The Hall–Kier alpha value is 0.789. The van der Waals surface area contributed by atoms with Gasteiger partial charge in [-0.3, -0.25) is 0 Å². The minimum atomic E-state index is -2.20. The molecule has 4 atom stereocenters. The molecule has 0 unspecified atom stereocenters. The van der Waals surface area contributed by atoms with Crippen LogP contribution >= 0.6 is 0 Å². The molecule has 0 aromatic carbocycles. The maximum atomic E-state index is 10.1. The first-order valence-corrected chi connectivity index (χ1v) is 3.47. The van der Waals surface area contributed by atoms with Gasteiger partial charge in [-0.15, -0.1) is 0 Å². The molecule has 0 amide bonds. The standard InChI is InChI=1S/C6H12O7.Fe.Na/c7-1-2(8)3(9)4(10)5(11)6(12)13;;/h2-5,7-11H,1H2,(H,12,13);;/t2-,3-,4+,5-;;/m1../s1. The van der Waals surface area contributed by atoms with Gasteiger partial charge in [0.05, 0.1) is 6.61 Å². The van der Waals surface area contributed by atoms with Crippen molar-refractivity contribution in [2.45, 2.75) is 24.4 Å². The zero-order valence-corrected chi connectivity index (χ0v) is 11.1. The van der Waals surface area contributed by atoms with Crippen molar-refractivity contribution < 1.29 is 52.5 Å². The van der Waals surface area contributed by atoms with E-state index in [1.54, 1.807) is 0 Å². The molecule has 0 spiro atoms. The fourth-order valence-corrected chi connectivity index (χ4v) is 0.668. The summed E-state index contributed by atoms with van der Waals surface area (Å²) in [6.45, 7) is -0.843. The second-order valence-electron chi connectivity index (χ2n) is 2.51. The van der Waals surface area contributed by atoms with Crippen molar-refractivity contribution in [3.8, 4) is 0 Å². The predicted molar refractivity (Wildman–Crippen MR) is 44.5 cm³/mol. The molecular weight excluding hydrogens is 263 g/mol. The number of aliphatic hydroxyl groups is 5. The maximum absolute atomic E-state index is 10.1. The summed E-state index contributed by atoms with van der Waals surface area (Å²) in [5, 5.41) is 51.8. The van der Waals surface area contributed by atoms with Crippen LogP contribution in [0, 0.1) is 0 Å². The molecule has 0 aromatic rings. The molecule has 0 aliphatic rings. The van der Waals surface area contributed by atoms with Crippen LogP contribution in [0.3, 0.4) is 0 Å². The van der Waals surface area contributed by atoms with Gasteiger partial charge in [0.15, 0.2) is 6.10 Å². The Labute approximate surface area is 118 Å². The van der Waals surface area contributed by atoms with Crippen molar-refractivity contribution in [2.75, 3.05) is 6.61 Å². The molecule has 1 radical (unpaired) electrons. The van der Waals surface area contributed by atoms with Crippen molar-refractivity contribution in [3.63, 3.8) is 0 Å². The summed E-state index contributed by atoms with van der Waals surface area (Å²) in [6, 6.07) is 0. The van der Waals surface area contributed by atoms with Crippen LogP contribution in [-0.4, -0.2) is 97.2 Å². The molecule has 0 bridgehead atoms. The van der Waals surface area contributed by atoms with Gasteiger partial charge in [-0.25, -0.2) is 4.79 Å². The molecule has 0 fully saturated rings. The van der Waals surface area contributed by atoms with E-state index in [1.807, 2.05) is 0 Å². The number of carboxylic acids is 1. The summed E-state index contributed by atoms with van der Waals surface area (Å²) in [4.78, 5) is 10.1. The Bertz CT molecular complexity index is 181. The van der Waals surface area contributed by atoms with Gasteiger partial charge < -0.3 is 30.6 Å². The van der Waals surface area contributed by atoms with E-state index in [2.05, 4.69) is 0 Å². The molecule has 0 aliphatic carbocycles. The molecule has 0 saturated heterocycles. The second-order valence-corrected chi connectivity index (χ2v) is 2.51. The Balaban J connectivity index is -0.000000720. The summed E-state index contributed by atoms with van der Waals surface area (Å²) in [6.07, 6.45) is -7.84. The first-order chi connectivity index (χ1) is 5.91. The van der Waals surface area contributed by atoms with Gasteiger partial charge in [-0.05, 0) is 0 Å². The molecule has 87 valence electrons. The summed E-state index contributed by atoms with van der Waals surface area (Å²) < 4.78 is 0. The van der Waals surface area contributed by atoms with Crippen LogP contribution in [0.25, 0.3) is 0 Å². The molecular formula is C6H12FeNaO7. The van der Waals surface area contributed by atoms with Crippen molar-refractivity contribution >= 4 is 35.5 Å². The van der Waals surface area contributed by atoms with E-state index >= 15 is 0 Å². The van der Waals surface area contributed by atoms with Crippen molar-refractivity contribution in [1.29, 1.82) is 0 Å². The Morgan fingerprint density at radius 2 is 1.47 bits per heavy atom.